The molecule has 0 spiro atoms. The molecule has 4 unspecified atom stereocenters. The molecule has 7 aromatic carbocycles. The minimum atomic E-state index is -4.33. The van der Waals surface area contributed by atoms with Crippen LogP contribution in [0.1, 0.15) is 244 Å². The van der Waals surface area contributed by atoms with Gasteiger partial charge in [0.1, 0.15) is 58.6 Å². The van der Waals surface area contributed by atoms with Gasteiger partial charge in [-0.3, -0.25) is 19.1 Å². The van der Waals surface area contributed by atoms with Crippen molar-refractivity contribution in [1.82, 2.24) is 0 Å². The van der Waals surface area contributed by atoms with Crippen molar-refractivity contribution in [3.8, 4) is 40.2 Å². The molecule has 0 aliphatic carbocycles. The number of thioether (sulfide) groups is 2. The number of unbranched alkanes of at least 4 members (excludes halogenated alkanes) is 10. The van der Waals surface area contributed by atoms with E-state index in [0.29, 0.717) is 68.5 Å². The summed E-state index contributed by atoms with van der Waals surface area (Å²) in [6.07, 6.45) is 5.44. The molecule has 0 radical (unpaired) electrons. The largest absolute Gasteiger partial charge is 0.508 e. The Hall–Kier alpha value is -9.27. The van der Waals surface area contributed by atoms with Gasteiger partial charge in [-0.05, 0) is 248 Å². The van der Waals surface area contributed by atoms with E-state index < -0.39 is 52.9 Å². The monoisotopic (exact) mass is 2000 g/mol. The number of ketones is 2. The van der Waals surface area contributed by atoms with E-state index in [0.717, 1.165) is 214 Å². The van der Waals surface area contributed by atoms with Gasteiger partial charge in [0.25, 0.3) is 0 Å². The predicted octanol–water partition coefficient (Wildman–Crippen LogP) is 27.6. The molecule has 0 aliphatic rings. The average molecular weight is 2000 g/mol. The number of halogens is 13. The third-order valence-corrected chi connectivity index (χ3v) is 22.3. The summed E-state index contributed by atoms with van der Waals surface area (Å²) in [5, 5.41) is 35.2. The van der Waals surface area contributed by atoms with Crippen molar-refractivity contribution in [1.29, 1.82) is 0 Å². The highest BCUT2D eigenvalue weighted by atomic mass is 32.2. The number of carbonyl (C=O) groups excluding carboxylic acids is 7. The molecule has 136 heavy (non-hydrogen) atoms. The summed E-state index contributed by atoms with van der Waals surface area (Å²) < 4.78 is 187. The third-order valence-electron chi connectivity index (χ3n) is 19.5. The van der Waals surface area contributed by atoms with Crippen molar-refractivity contribution >= 4 is 66.0 Å². The summed E-state index contributed by atoms with van der Waals surface area (Å²) in [6, 6.07) is 36.1. The maximum absolute atomic E-state index is 12.7. The summed E-state index contributed by atoms with van der Waals surface area (Å²) in [6.45, 7) is 26.3. The number of rotatable bonds is 48. The molecule has 7 rings (SSSR count). The summed E-state index contributed by atoms with van der Waals surface area (Å²) >= 11 is 7.75. The van der Waals surface area contributed by atoms with Crippen molar-refractivity contribution in [2.45, 2.75) is 265 Å². The zero-order valence-electron chi connectivity index (χ0n) is 79.7. The standard InChI is InChI=1S/C25H33F3O2S.C23H29F3O2S.C15H21F3O2.C11H20O3.C10H12O2S.C8H18O2.C7H5F3O.2CO2.CH4.FH/c1-4-6-7-8-20(17-30-22-11-9-21(10-12-22)25(26,27)28)18-31-23-13-14-24(19(3)16-23)29-15-5-2;1-4-5-6-7-18(16-29-21-12-13-22(27-3)17(2)14-21)15-28-20-10-8-19(9-11-20)23(24,25)26;1-2-3-4-5-12(10-19)11-20-14-8-6-13(7-9-14)15(16,17)18;1-4-6-7-8-10(9(3)12)11(13)14-5-2;1-7-5-9(13)3-4-10(7)12-6-8(2)11;1-2-3-4-5-8(6-9)7-10;8-7(9,10)5-1-3-6(11)4-2-5;2*2-1-3;;/h9-14,16,20H,4-8,15,17-18H2,1-3H3;8-14,18H,4-7,15-16H2,1-3H3;6-9,12,19H,2-5,10-11H2,1H3;10H,4-8H2,1-3H3;3-5,13H,6H2,1-2H3;8-10H,2-7H2,1H3;1-4,11H;;;1H4;1H. The Balaban J connectivity index is -0.000000765. The summed E-state index contributed by atoms with van der Waals surface area (Å²) in [5.41, 5.74) is 0.463. The van der Waals surface area contributed by atoms with Gasteiger partial charge in [0.05, 0.1) is 62.4 Å². The average Bonchev–Trinajstić information content (AvgIpc) is 0.886. The van der Waals surface area contributed by atoms with Gasteiger partial charge in [-0.1, -0.05) is 145 Å². The van der Waals surface area contributed by atoms with E-state index >= 15 is 0 Å². The first-order valence-corrected chi connectivity index (χ1v) is 47.3. The second kappa shape index (κ2) is 78.6. The Morgan fingerprint density at radius 2 is 0.713 bits per heavy atom. The van der Waals surface area contributed by atoms with Gasteiger partial charge in [0, 0.05) is 69.7 Å². The number of phenolic OH excluding ortho intramolecular Hbond substituents is 1. The van der Waals surface area contributed by atoms with Crippen LogP contribution in [0.2, 0.25) is 0 Å². The number of carbonyl (C=O) groups is 3. The van der Waals surface area contributed by atoms with Crippen LogP contribution in [0.15, 0.2) is 166 Å². The first-order chi connectivity index (χ1) is 63.5. The first kappa shape index (κ1) is 133. The normalized spacial score (nSPS) is 11.5. The molecule has 34 heteroatoms. The Morgan fingerprint density at radius 1 is 0.404 bits per heavy atom. The molecule has 18 nitrogen and oxygen atoms in total. The fraction of sp³-hybridized carbons (Fsp3) is 0.539. The summed E-state index contributed by atoms with van der Waals surface area (Å²) in [4.78, 5) is 68.9. The minimum Gasteiger partial charge on any atom is -0.508 e. The lowest BCUT2D eigenvalue weighted by Crippen LogP contribution is -2.24. The lowest BCUT2D eigenvalue weighted by molar-refractivity contribution is -0.193. The second-order valence-corrected chi connectivity index (χ2v) is 33.8. The number of thiol groups is 1. The van der Waals surface area contributed by atoms with Gasteiger partial charge in [0.2, 0.25) is 0 Å². The second-order valence-electron chi connectivity index (χ2n) is 31.1. The first-order valence-electron chi connectivity index (χ1n) is 44.8. The molecule has 0 saturated heterocycles. The predicted molar refractivity (Wildman–Crippen MR) is 511 cm³/mol. The van der Waals surface area contributed by atoms with Crippen molar-refractivity contribution in [3.63, 3.8) is 0 Å². The van der Waals surface area contributed by atoms with Gasteiger partial charge in [0.15, 0.2) is 5.78 Å². The van der Waals surface area contributed by atoms with Crippen LogP contribution in [0.25, 0.3) is 0 Å². The number of esters is 1. The molecule has 0 heterocycles. The molecule has 0 aliphatic heterocycles. The molecule has 0 amide bonds. The quantitative estimate of drug-likeness (QED) is 0.00592. The number of hydrogen-bond acceptors (Lipinski definition) is 21. The van der Waals surface area contributed by atoms with E-state index in [2.05, 4.69) is 85.4 Å². The van der Waals surface area contributed by atoms with Crippen molar-refractivity contribution in [3.05, 3.63) is 191 Å². The van der Waals surface area contributed by atoms with Gasteiger partial charge in [-0.25, -0.2) is 0 Å². The van der Waals surface area contributed by atoms with Crippen LogP contribution in [0.3, 0.4) is 0 Å². The molecular formula is C102H143F13O18S3. The summed E-state index contributed by atoms with van der Waals surface area (Å²) in [7, 11) is 1.66. The SMILES string of the molecule is C.CC(=O)COc1ccc(S)cc1C.CCCCCC(C(C)=O)C(=O)OCC.CCCCCC(CO)CO.CCCCCC(CO)COc1ccc(C(F)(F)F)cc1.CCCCCC(COc1ccc(C(F)(F)F)cc1)CSc1ccc(OC)c(C)c1.CCCCCC(COc1ccc(C(F)(F)F)cc1)CSc1ccc(OCCC)c(C)c1.F.O=C=O.O=C=O.Oc1ccc(C(F)(F)F)cc1. The number of benzene rings is 7. The van der Waals surface area contributed by atoms with E-state index in [1.165, 1.54) is 85.7 Å². The minimum absolute atomic E-state index is 0. The molecule has 0 aromatic heterocycles. The number of alkyl halides is 12. The lowest BCUT2D eigenvalue weighted by Gasteiger charge is -2.18. The molecule has 7 aromatic rings. The van der Waals surface area contributed by atoms with Crippen molar-refractivity contribution in [2.75, 3.05) is 78.1 Å². The number of hydrogen-bond donors (Lipinski definition) is 5. The number of aromatic hydroxyl groups is 1. The molecule has 0 bridgehead atoms. The van der Waals surface area contributed by atoms with E-state index in [-0.39, 0.29) is 86.0 Å². The number of phenols is 1. The molecule has 4 atom stereocenters. The fourth-order valence-electron chi connectivity index (χ4n) is 11.9. The number of aliphatic hydroxyl groups is 3. The Bertz CT molecular complexity index is 4270. The lowest BCUT2D eigenvalue weighted by atomic mass is 9.98. The van der Waals surface area contributed by atoms with Crippen LogP contribution in [0, 0.1) is 50.4 Å². The highest BCUT2D eigenvalue weighted by Gasteiger charge is 2.33. The van der Waals surface area contributed by atoms with Crippen LogP contribution >= 0.6 is 36.2 Å². The molecular weight excluding hydrogens is 1860 g/mol. The smallest absolute Gasteiger partial charge is 0.416 e. The molecule has 0 saturated carbocycles. The van der Waals surface area contributed by atoms with Gasteiger partial charge in [-0.15, -0.1) is 36.2 Å². The van der Waals surface area contributed by atoms with Gasteiger partial charge in [-0.2, -0.15) is 71.9 Å². The van der Waals surface area contributed by atoms with E-state index in [1.807, 2.05) is 44.2 Å². The van der Waals surface area contributed by atoms with Gasteiger partial charge >= 0.3 is 43.0 Å². The van der Waals surface area contributed by atoms with Gasteiger partial charge < -0.3 is 53.6 Å². The summed E-state index contributed by atoms with van der Waals surface area (Å²) in [5.74, 6) is 5.37. The number of Topliss-reactive ketones (excluding diaryl/α,β-unsaturated/α-hetero) is 2. The van der Waals surface area contributed by atoms with Crippen LogP contribution in [-0.2, 0) is 63.0 Å². The highest BCUT2D eigenvalue weighted by Crippen LogP contribution is 2.37. The van der Waals surface area contributed by atoms with Crippen molar-refractivity contribution in [2.24, 2.45) is 29.6 Å². The van der Waals surface area contributed by atoms with Crippen molar-refractivity contribution < 1.29 is 145 Å². The fourth-order valence-corrected chi connectivity index (χ4v) is 14.4. The van der Waals surface area contributed by atoms with Crippen LogP contribution in [-0.4, -0.2) is 128 Å². The maximum atomic E-state index is 12.7. The highest BCUT2D eigenvalue weighted by molar-refractivity contribution is 7.99. The van der Waals surface area contributed by atoms with Crippen LogP contribution < -0.4 is 28.4 Å². The molecule has 768 valence electrons. The molecule has 0 fully saturated rings. The van der Waals surface area contributed by atoms with E-state index in [4.69, 9.17) is 67.7 Å². The Morgan fingerprint density at radius 3 is 1.01 bits per heavy atom. The van der Waals surface area contributed by atoms with Crippen LogP contribution in [0.4, 0.5) is 57.4 Å². The number of ether oxygens (including phenoxy) is 7. The zero-order valence-corrected chi connectivity index (χ0v) is 82.2. The number of aliphatic hydroxyl groups excluding tert-OH is 3. The van der Waals surface area contributed by atoms with E-state index in [9.17, 15) is 72.2 Å². The Labute approximate surface area is 809 Å². The van der Waals surface area contributed by atoms with Crippen LogP contribution in [0.5, 0.6) is 40.2 Å². The topological polar surface area (TPSA) is 265 Å². The zero-order chi connectivity index (χ0) is 102. The number of methoxy groups -OCH3 is 1. The number of aryl methyl sites for hydroxylation is 3. The maximum Gasteiger partial charge on any atom is 0.416 e. The van der Waals surface area contributed by atoms with E-state index in [1.54, 1.807) is 37.6 Å². The Kier molecular flexibility index (Phi) is 76.9. The molecule has 4 N–H and O–H groups in total. The third kappa shape index (κ3) is 64.7.